The summed E-state index contributed by atoms with van der Waals surface area (Å²) in [6.07, 6.45) is 0. The molecular formula is C15H18O2Si. The summed E-state index contributed by atoms with van der Waals surface area (Å²) >= 11 is 0. The van der Waals surface area contributed by atoms with Crippen molar-refractivity contribution in [3.8, 4) is 5.75 Å². The standard InChI is InChI=1S/C15H18O2Si/c1-11(16)13-10-9-12-7-5-6-8-14(12)15(13)17-18(2,3)4/h5-10H,1-4H3. The van der Waals surface area contributed by atoms with Gasteiger partial charge in [-0.1, -0.05) is 30.3 Å². The van der Waals surface area contributed by atoms with Crippen LogP contribution in [0.2, 0.25) is 19.6 Å². The van der Waals surface area contributed by atoms with Crippen molar-refractivity contribution in [2.75, 3.05) is 0 Å². The highest BCUT2D eigenvalue weighted by Crippen LogP contribution is 2.32. The van der Waals surface area contributed by atoms with Crippen LogP contribution in [0.3, 0.4) is 0 Å². The zero-order valence-electron chi connectivity index (χ0n) is 11.3. The van der Waals surface area contributed by atoms with E-state index < -0.39 is 8.32 Å². The van der Waals surface area contributed by atoms with E-state index in [4.69, 9.17) is 4.43 Å². The second-order valence-corrected chi connectivity index (χ2v) is 9.86. The summed E-state index contributed by atoms with van der Waals surface area (Å²) < 4.78 is 6.13. The number of rotatable bonds is 3. The first-order chi connectivity index (χ1) is 8.38. The normalized spacial score (nSPS) is 11.6. The van der Waals surface area contributed by atoms with E-state index in [-0.39, 0.29) is 5.78 Å². The molecule has 0 radical (unpaired) electrons. The summed E-state index contributed by atoms with van der Waals surface area (Å²) in [5, 5.41) is 2.13. The van der Waals surface area contributed by atoms with Crippen LogP contribution in [0.4, 0.5) is 0 Å². The largest absolute Gasteiger partial charge is 0.543 e. The van der Waals surface area contributed by atoms with Crippen LogP contribution in [0.1, 0.15) is 17.3 Å². The number of ketones is 1. The number of carbonyl (C=O) groups is 1. The Morgan fingerprint density at radius 3 is 2.33 bits per heavy atom. The van der Waals surface area contributed by atoms with Crippen molar-refractivity contribution in [1.29, 1.82) is 0 Å². The van der Waals surface area contributed by atoms with Crippen molar-refractivity contribution in [2.45, 2.75) is 26.6 Å². The van der Waals surface area contributed by atoms with Gasteiger partial charge in [0.1, 0.15) is 5.75 Å². The molecule has 0 spiro atoms. The lowest BCUT2D eigenvalue weighted by atomic mass is 10.0. The highest BCUT2D eigenvalue weighted by Gasteiger charge is 2.21. The third-order valence-corrected chi connectivity index (χ3v) is 3.48. The van der Waals surface area contributed by atoms with Gasteiger partial charge in [-0.2, -0.15) is 0 Å². The van der Waals surface area contributed by atoms with Crippen LogP contribution < -0.4 is 4.43 Å². The molecule has 18 heavy (non-hydrogen) atoms. The molecule has 2 nitrogen and oxygen atoms in total. The summed E-state index contributed by atoms with van der Waals surface area (Å²) in [5.41, 5.74) is 0.677. The molecule has 3 heteroatoms. The van der Waals surface area contributed by atoms with E-state index in [0.29, 0.717) is 5.56 Å². The summed E-state index contributed by atoms with van der Waals surface area (Å²) in [7, 11) is -1.74. The lowest BCUT2D eigenvalue weighted by Gasteiger charge is -2.22. The van der Waals surface area contributed by atoms with Gasteiger partial charge in [0.25, 0.3) is 0 Å². The Morgan fingerprint density at radius 2 is 1.72 bits per heavy atom. The number of hydrogen-bond donors (Lipinski definition) is 0. The molecule has 2 rings (SSSR count). The highest BCUT2D eigenvalue weighted by atomic mass is 28.4. The third kappa shape index (κ3) is 2.62. The SMILES string of the molecule is CC(=O)c1ccc2ccccc2c1O[Si](C)(C)C. The summed E-state index contributed by atoms with van der Waals surface area (Å²) in [6.45, 7) is 7.96. The Kier molecular flexibility index (Phi) is 3.26. The number of benzene rings is 2. The molecule has 0 atom stereocenters. The molecule has 0 bridgehead atoms. The number of carbonyl (C=O) groups excluding carboxylic acids is 1. The highest BCUT2D eigenvalue weighted by molar-refractivity contribution is 6.70. The van der Waals surface area contributed by atoms with E-state index >= 15 is 0 Å². The van der Waals surface area contributed by atoms with E-state index in [1.54, 1.807) is 6.92 Å². The van der Waals surface area contributed by atoms with E-state index in [2.05, 4.69) is 19.6 Å². The fourth-order valence-corrected chi connectivity index (χ4v) is 2.77. The molecule has 2 aromatic rings. The molecule has 0 aliphatic rings. The molecule has 0 aliphatic carbocycles. The third-order valence-electron chi connectivity index (χ3n) is 2.67. The van der Waals surface area contributed by atoms with Crippen LogP contribution in [0, 0.1) is 0 Å². The van der Waals surface area contributed by atoms with Gasteiger partial charge in [-0.05, 0) is 38.0 Å². The molecule has 0 heterocycles. The van der Waals surface area contributed by atoms with Crippen molar-refractivity contribution in [1.82, 2.24) is 0 Å². The van der Waals surface area contributed by atoms with Gasteiger partial charge in [0.05, 0.1) is 5.56 Å². The van der Waals surface area contributed by atoms with Crippen LogP contribution in [-0.4, -0.2) is 14.1 Å². The molecule has 0 unspecified atom stereocenters. The first-order valence-corrected chi connectivity index (χ1v) is 9.51. The van der Waals surface area contributed by atoms with E-state index in [0.717, 1.165) is 16.5 Å². The molecular weight excluding hydrogens is 240 g/mol. The first kappa shape index (κ1) is 12.8. The molecule has 0 aromatic heterocycles. The molecule has 0 saturated heterocycles. The summed E-state index contributed by atoms with van der Waals surface area (Å²) in [5.74, 6) is 0.800. The zero-order chi connectivity index (χ0) is 13.3. The molecule has 0 saturated carbocycles. The van der Waals surface area contributed by atoms with Crippen LogP contribution in [0.15, 0.2) is 36.4 Å². The second-order valence-electron chi connectivity index (χ2n) is 5.43. The van der Waals surface area contributed by atoms with E-state index in [1.807, 2.05) is 36.4 Å². The van der Waals surface area contributed by atoms with Crippen molar-refractivity contribution in [2.24, 2.45) is 0 Å². The van der Waals surface area contributed by atoms with Crippen LogP contribution >= 0.6 is 0 Å². The average molecular weight is 258 g/mol. The average Bonchev–Trinajstić information content (AvgIpc) is 2.27. The minimum absolute atomic E-state index is 0.0500. The minimum atomic E-state index is -1.74. The van der Waals surface area contributed by atoms with Crippen LogP contribution in [0.5, 0.6) is 5.75 Å². The Hall–Kier alpha value is -1.61. The summed E-state index contributed by atoms with van der Waals surface area (Å²) in [6, 6.07) is 11.9. The lowest BCUT2D eigenvalue weighted by molar-refractivity contribution is 0.101. The molecule has 2 aromatic carbocycles. The maximum absolute atomic E-state index is 11.7. The molecule has 0 aliphatic heterocycles. The number of hydrogen-bond acceptors (Lipinski definition) is 2. The fraction of sp³-hybridized carbons (Fsp3) is 0.267. The predicted molar refractivity (Wildman–Crippen MR) is 77.9 cm³/mol. The minimum Gasteiger partial charge on any atom is -0.543 e. The quantitative estimate of drug-likeness (QED) is 0.607. The van der Waals surface area contributed by atoms with Gasteiger partial charge in [-0.25, -0.2) is 0 Å². The van der Waals surface area contributed by atoms with Gasteiger partial charge >= 0.3 is 0 Å². The van der Waals surface area contributed by atoms with Crippen LogP contribution in [0.25, 0.3) is 10.8 Å². The maximum atomic E-state index is 11.7. The fourth-order valence-electron chi connectivity index (χ4n) is 1.94. The van der Waals surface area contributed by atoms with Gasteiger partial charge in [0.2, 0.25) is 8.32 Å². The van der Waals surface area contributed by atoms with Crippen LogP contribution in [-0.2, 0) is 0 Å². The van der Waals surface area contributed by atoms with E-state index in [9.17, 15) is 4.79 Å². The maximum Gasteiger partial charge on any atom is 0.242 e. The Labute approximate surface area is 109 Å². The second kappa shape index (κ2) is 4.57. The molecule has 0 amide bonds. The van der Waals surface area contributed by atoms with Crippen molar-refractivity contribution in [3.05, 3.63) is 42.0 Å². The van der Waals surface area contributed by atoms with Gasteiger partial charge < -0.3 is 4.43 Å². The van der Waals surface area contributed by atoms with Gasteiger partial charge in [0.15, 0.2) is 5.78 Å². The Morgan fingerprint density at radius 1 is 1.06 bits per heavy atom. The predicted octanol–water partition coefficient (Wildman–Crippen LogP) is 4.26. The zero-order valence-corrected chi connectivity index (χ0v) is 12.3. The Balaban J connectivity index is 2.70. The smallest absolute Gasteiger partial charge is 0.242 e. The molecule has 0 fully saturated rings. The van der Waals surface area contributed by atoms with E-state index in [1.165, 1.54) is 0 Å². The topological polar surface area (TPSA) is 26.3 Å². The molecule has 94 valence electrons. The monoisotopic (exact) mass is 258 g/mol. The van der Waals surface area contributed by atoms with Gasteiger partial charge in [0, 0.05) is 5.39 Å². The molecule has 0 N–H and O–H groups in total. The Bertz CT molecular complexity index is 597. The van der Waals surface area contributed by atoms with Gasteiger partial charge in [-0.15, -0.1) is 0 Å². The lowest BCUT2D eigenvalue weighted by Crippen LogP contribution is -2.30. The number of Topliss-reactive ketones (excluding diaryl/α,β-unsaturated/α-hetero) is 1. The van der Waals surface area contributed by atoms with Crippen molar-refractivity contribution < 1.29 is 9.22 Å². The van der Waals surface area contributed by atoms with Crippen molar-refractivity contribution in [3.63, 3.8) is 0 Å². The van der Waals surface area contributed by atoms with Gasteiger partial charge in [-0.3, -0.25) is 4.79 Å². The van der Waals surface area contributed by atoms with Crippen molar-refractivity contribution >= 4 is 24.9 Å². The first-order valence-electron chi connectivity index (χ1n) is 6.10. The number of fused-ring (bicyclic) bond motifs is 1. The summed E-state index contributed by atoms with van der Waals surface area (Å²) in [4.78, 5) is 11.7.